The number of hydrogen-bond donors (Lipinski definition) is 2. The number of nitrogens with zero attached hydrogens (tertiary/aromatic N) is 4. The van der Waals surface area contributed by atoms with Crippen LogP contribution in [0.2, 0.25) is 0 Å². The first kappa shape index (κ1) is 15.2. The third-order valence-corrected chi connectivity index (χ3v) is 3.74. The number of carbonyl (C=O) groups excluding carboxylic acids is 2. The van der Waals surface area contributed by atoms with Gasteiger partial charge in [0.15, 0.2) is 5.82 Å². The van der Waals surface area contributed by atoms with Gasteiger partial charge in [0.2, 0.25) is 11.8 Å². The van der Waals surface area contributed by atoms with Gasteiger partial charge in [-0.25, -0.2) is 0 Å². The number of piperidine rings is 1. The maximum absolute atomic E-state index is 12.1. The van der Waals surface area contributed by atoms with E-state index in [4.69, 9.17) is 4.52 Å². The average molecular weight is 318 g/mol. The fraction of sp³-hybridized carbons (Fsp3) is 0.500. The Morgan fingerprint density at radius 2 is 2.43 bits per heavy atom. The maximum atomic E-state index is 12.1. The SMILES string of the molecule is CCn1nccc1C(=O)NCc1nc(C2CCNC(=O)C2)no1. The minimum Gasteiger partial charge on any atom is -0.356 e. The van der Waals surface area contributed by atoms with Crippen molar-refractivity contribution in [3.05, 3.63) is 29.7 Å². The molecule has 2 aromatic heterocycles. The molecule has 0 radical (unpaired) electrons. The van der Waals surface area contributed by atoms with Gasteiger partial charge in [-0.3, -0.25) is 14.3 Å². The second-order valence-corrected chi connectivity index (χ2v) is 5.30. The molecule has 2 aromatic rings. The Bertz CT molecular complexity index is 707. The van der Waals surface area contributed by atoms with Gasteiger partial charge >= 0.3 is 0 Å². The van der Waals surface area contributed by atoms with Crippen molar-refractivity contribution in [1.29, 1.82) is 0 Å². The summed E-state index contributed by atoms with van der Waals surface area (Å²) in [7, 11) is 0. The average Bonchev–Trinajstić information content (AvgIpc) is 3.21. The van der Waals surface area contributed by atoms with Crippen molar-refractivity contribution < 1.29 is 14.1 Å². The van der Waals surface area contributed by atoms with Crippen molar-refractivity contribution in [2.75, 3.05) is 6.54 Å². The zero-order valence-electron chi connectivity index (χ0n) is 12.8. The van der Waals surface area contributed by atoms with E-state index < -0.39 is 0 Å². The molecule has 0 spiro atoms. The summed E-state index contributed by atoms with van der Waals surface area (Å²) in [5.74, 6) is 0.554. The summed E-state index contributed by atoms with van der Waals surface area (Å²) in [5.41, 5.74) is 0.483. The van der Waals surface area contributed by atoms with Crippen LogP contribution in [0.5, 0.6) is 0 Å². The Labute approximate surface area is 132 Å². The fourth-order valence-electron chi connectivity index (χ4n) is 2.53. The van der Waals surface area contributed by atoms with E-state index in [9.17, 15) is 9.59 Å². The van der Waals surface area contributed by atoms with Crippen molar-refractivity contribution in [2.24, 2.45) is 0 Å². The van der Waals surface area contributed by atoms with Crippen molar-refractivity contribution in [2.45, 2.75) is 38.8 Å². The molecule has 0 aromatic carbocycles. The molecule has 0 bridgehead atoms. The molecular formula is C14H18N6O3. The lowest BCUT2D eigenvalue weighted by atomic mass is 9.97. The standard InChI is InChI=1S/C14H18N6O3/c1-2-20-10(4-6-17-20)14(22)16-8-12-18-13(19-23-12)9-3-5-15-11(21)7-9/h4,6,9H,2-3,5,7-8H2,1H3,(H,15,21)(H,16,22). The van der Waals surface area contributed by atoms with E-state index in [0.717, 1.165) is 6.42 Å². The molecular weight excluding hydrogens is 300 g/mol. The summed E-state index contributed by atoms with van der Waals surface area (Å²) < 4.78 is 6.75. The number of hydrogen-bond acceptors (Lipinski definition) is 6. The van der Waals surface area contributed by atoms with E-state index in [1.807, 2.05) is 6.92 Å². The van der Waals surface area contributed by atoms with Gasteiger partial charge in [-0.1, -0.05) is 5.16 Å². The van der Waals surface area contributed by atoms with Crippen molar-refractivity contribution in [3.63, 3.8) is 0 Å². The van der Waals surface area contributed by atoms with Crippen LogP contribution in [-0.2, 0) is 17.9 Å². The lowest BCUT2D eigenvalue weighted by Gasteiger charge is -2.18. The van der Waals surface area contributed by atoms with Crippen LogP contribution in [0, 0.1) is 0 Å². The topological polar surface area (TPSA) is 115 Å². The molecule has 9 nitrogen and oxygen atoms in total. The molecule has 122 valence electrons. The number of aromatic nitrogens is 4. The van der Waals surface area contributed by atoms with Crippen LogP contribution in [0.15, 0.2) is 16.8 Å². The van der Waals surface area contributed by atoms with E-state index in [2.05, 4.69) is 25.9 Å². The molecule has 0 saturated carbocycles. The van der Waals surface area contributed by atoms with Crippen LogP contribution >= 0.6 is 0 Å². The molecule has 3 rings (SSSR count). The maximum Gasteiger partial charge on any atom is 0.269 e. The highest BCUT2D eigenvalue weighted by Crippen LogP contribution is 2.22. The first-order valence-electron chi connectivity index (χ1n) is 7.56. The lowest BCUT2D eigenvalue weighted by molar-refractivity contribution is -0.122. The molecule has 1 aliphatic heterocycles. The first-order valence-corrected chi connectivity index (χ1v) is 7.56. The van der Waals surface area contributed by atoms with Crippen LogP contribution in [0.25, 0.3) is 0 Å². The van der Waals surface area contributed by atoms with Crippen molar-refractivity contribution in [3.8, 4) is 0 Å². The summed E-state index contributed by atoms with van der Waals surface area (Å²) in [6, 6.07) is 1.65. The minimum absolute atomic E-state index is 0.00581. The summed E-state index contributed by atoms with van der Waals surface area (Å²) >= 11 is 0. The van der Waals surface area contributed by atoms with E-state index in [0.29, 0.717) is 36.9 Å². The van der Waals surface area contributed by atoms with E-state index in [-0.39, 0.29) is 24.3 Å². The number of carbonyl (C=O) groups is 2. The normalized spacial score (nSPS) is 17.8. The van der Waals surface area contributed by atoms with Crippen LogP contribution in [0.1, 0.15) is 47.9 Å². The Hall–Kier alpha value is -2.71. The fourth-order valence-corrected chi connectivity index (χ4v) is 2.53. The van der Waals surface area contributed by atoms with E-state index in [1.54, 1.807) is 16.9 Å². The van der Waals surface area contributed by atoms with Crippen molar-refractivity contribution >= 4 is 11.8 Å². The van der Waals surface area contributed by atoms with Gasteiger partial charge in [0, 0.05) is 31.6 Å². The third-order valence-electron chi connectivity index (χ3n) is 3.74. The minimum atomic E-state index is -0.249. The molecule has 23 heavy (non-hydrogen) atoms. The van der Waals surface area contributed by atoms with E-state index in [1.165, 1.54) is 0 Å². The third kappa shape index (κ3) is 3.38. The second kappa shape index (κ2) is 6.59. The second-order valence-electron chi connectivity index (χ2n) is 5.30. The zero-order chi connectivity index (χ0) is 16.2. The summed E-state index contributed by atoms with van der Waals surface area (Å²) in [5, 5.41) is 13.5. The highest BCUT2D eigenvalue weighted by molar-refractivity contribution is 5.92. The molecule has 2 N–H and O–H groups in total. The summed E-state index contributed by atoms with van der Waals surface area (Å²) in [4.78, 5) is 27.8. The monoisotopic (exact) mass is 318 g/mol. The molecule has 1 atom stereocenters. The van der Waals surface area contributed by atoms with Crippen LogP contribution in [-0.4, -0.2) is 38.3 Å². The molecule has 9 heteroatoms. The van der Waals surface area contributed by atoms with Gasteiger partial charge in [-0.05, 0) is 19.4 Å². The van der Waals surface area contributed by atoms with Gasteiger partial charge in [-0.15, -0.1) is 0 Å². The molecule has 1 unspecified atom stereocenters. The molecule has 0 aliphatic carbocycles. The summed E-state index contributed by atoms with van der Waals surface area (Å²) in [6.07, 6.45) is 2.73. The van der Waals surface area contributed by atoms with Gasteiger partial charge in [0.1, 0.15) is 5.69 Å². The first-order chi connectivity index (χ1) is 11.2. The van der Waals surface area contributed by atoms with Crippen LogP contribution in [0.3, 0.4) is 0 Å². The number of aryl methyl sites for hydroxylation is 1. The highest BCUT2D eigenvalue weighted by Gasteiger charge is 2.25. The Morgan fingerprint density at radius 3 is 3.22 bits per heavy atom. The Balaban J connectivity index is 1.59. The highest BCUT2D eigenvalue weighted by atomic mass is 16.5. The van der Waals surface area contributed by atoms with Gasteiger partial charge in [-0.2, -0.15) is 10.1 Å². The number of rotatable bonds is 5. The van der Waals surface area contributed by atoms with Crippen molar-refractivity contribution in [1.82, 2.24) is 30.6 Å². The molecule has 1 saturated heterocycles. The largest absolute Gasteiger partial charge is 0.356 e. The predicted molar refractivity (Wildman–Crippen MR) is 78.4 cm³/mol. The smallest absolute Gasteiger partial charge is 0.269 e. The molecule has 2 amide bonds. The Morgan fingerprint density at radius 1 is 1.57 bits per heavy atom. The van der Waals surface area contributed by atoms with Crippen LogP contribution < -0.4 is 10.6 Å². The van der Waals surface area contributed by atoms with E-state index >= 15 is 0 Å². The Kier molecular flexibility index (Phi) is 4.35. The van der Waals surface area contributed by atoms with Gasteiger partial charge in [0.25, 0.3) is 5.91 Å². The van der Waals surface area contributed by atoms with Gasteiger partial charge < -0.3 is 15.2 Å². The molecule has 1 fully saturated rings. The predicted octanol–water partition coefficient (Wildman–Crippen LogP) is 0.210. The molecule has 3 heterocycles. The quantitative estimate of drug-likeness (QED) is 0.814. The zero-order valence-corrected chi connectivity index (χ0v) is 12.8. The lowest BCUT2D eigenvalue weighted by Crippen LogP contribution is -2.33. The van der Waals surface area contributed by atoms with Gasteiger partial charge in [0.05, 0.1) is 6.54 Å². The molecule has 1 aliphatic rings. The number of amides is 2. The number of nitrogens with one attached hydrogen (secondary N) is 2. The van der Waals surface area contributed by atoms with Crippen LogP contribution in [0.4, 0.5) is 0 Å². The summed E-state index contributed by atoms with van der Waals surface area (Å²) in [6.45, 7) is 3.28.